The number of carbonyl (C=O) groups excluding carboxylic acids is 3. The van der Waals surface area contributed by atoms with Crippen LogP contribution in [0.15, 0.2) is 0 Å². The molecule has 0 bridgehead atoms. The molecule has 0 fully saturated rings. The molecule has 0 spiro atoms. The van der Waals surface area contributed by atoms with Crippen molar-refractivity contribution in [2.75, 3.05) is 0 Å². The summed E-state index contributed by atoms with van der Waals surface area (Å²) in [5, 5.41) is 15.0. The summed E-state index contributed by atoms with van der Waals surface area (Å²) in [6, 6.07) is -2.63. The number of amides is 2. The van der Waals surface area contributed by atoms with Gasteiger partial charge in [0, 0.05) is 0 Å². The van der Waals surface area contributed by atoms with Crippen LogP contribution in [0.3, 0.4) is 0 Å². The van der Waals surface area contributed by atoms with Crippen LogP contribution in [0.25, 0.3) is 0 Å². The minimum absolute atomic E-state index is 0. The number of nitrogens with one attached hydrogen (secondary N) is 2. The molecule has 0 aliphatic rings. The summed E-state index contributed by atoms with van der Waals surface area (Å²) in [5.74, 6) is -2.43. The molecule has 0 aromatic rings. The van der Waals surface area contributed by atoms with E-state index >= 15 is 0 Å². The van der Waals surface area contributed by atoms with Crippen molar-refractivity contribution in [3.8, 4) is 0 Å². The first-order valence-corrected chi connectivity index (χ1v) is 5.36. The molecule has 2 amide bonds. The molecule has 8 heteroatoms. The Morgan fingerprint density at radius 1 is 1.11 bits per heavy atom. The number of carboxylic acids is 1. The third kappa shape index (κ3) is 6.95. The molecule has 0 unspecified atom stereocenters. The summed E-state index contributed by atoms with van der Waals surface area (Å²) >= 11 is 0. The van der Waals surface area contributed by atoms with Gasteiger partial charge in [0.05, 0.1) is 18.1 Å². The van der Waals surface area contributed by atoms with Gasteiger partial charge in [0.25, 0.3) is 0 Å². The second-order valence-electron chi connectivity index (χ2n) is 3.79. The van der Waals surface area contributed by atoms with Crippen molar-refractivity contribution in [3.63, 3.8) is 0 Å². The topological polar surface area (TPSA) is 124 Å². The van der Waals surface area contributed by atoms with Gasteiger partial charge in [-0.15, -0.1) is 0 Å². The van der Waals surface area contributed by atoms with Gasteiger partial charge >= 0.3 is 29.6 Å². The van der Waals surface area contributed by atoms with Crippen molar-refractivity contribution < 1.29 is 49.0 Å². The number of hydrogen-bond acceptors (Lipinski definition) is 5. The zero-order valence-corrected chi connectivity index (χ0v) is 13.1. The number of hydrogen-bond donors (Lipinski definition) is 3. The van der Waals surface area contributed by atoms with E-state index in [1.165, 1.54) is 13.8 Å². The maximum Gasteiger partial charge on any atom is 1.00 e. The molecule has 0 aromatic carbocycles. The van der Waals surface area contributed by atoms with E-state index in [9.17, 15) is 19.5 Å². The molecular formula is C10H18N3NaO4. The van der Waals surface area contributed by atoms with Crippen LogP contribution in [-0.4, -0.2) is 35.9 Å². The van der Waals surface area contributed by atoms with E-state index in [1.54, 1.807) is 6.92 Å². The van der Waals surface area contributed by atoms with Gasteiger partial charge in [0.1, 0.15) is 6.04 Å². The van der Waals surface area contributed by atoms with Gasteiger partial charge in [0.2, 0.25) is 11.8 Å². The van der Waals surface area contributed by atoms with Crippen molar-refractivity contribution in [1.82, 2.24) is 10.6 Å². The Morgan fingerprint density at radius 2 is 1.56 bits per heavy atom. The zero-order valence-electron chi connectivity index (χ0n) is 11.1. The second-order valence-corrected chi connectivity index (χ2v) is 3.79. The molecule has 0 rings (SSSR count). The summed E-state index contributed by atoms with van der Waals surface area (Å²) in [4.78, 5) is 33.2. The molecule has 0 aliphatic carbocycles. The molecule has 0 heterocycles. The summed E-state index contributed by atoms with van der Waals surface area (Å²) in [5.41, 5.74) is 5.47. The van der Waals surface area contributed by atoms with Crippen molar-refractivity contribution in [1.29, 1.82) is 0 Å². The number of nitrogens with two attached hydrogens (primary N) is 1. The van der Waals surface area contributed by atoms with Gasteiger partial charge in [-0.25, -0.2) is 0 Å². The zero-order chi connectivity index (χ0) is 13.6. The first kappa shape index (κ1) is 19.7. The molecule has 0 aliphatic heterocycles. The van der Waals surface area contributed by atoms with Gasteiger partial charge in [-0.1, -0.05) is 6.92 Å². The summed E-state index contributed by atoms with van der Waals surface area (Å²) in [6.07, 6.45) is 0.454. The van der Waals surface area contributed by atoms with Crippen LogP contribution in [-0.2, 0) is 14.4 Å². The predicted molar refractivity (Wildman–Crippen MR) is 58.5 cm³/mol. The van der Waals surface area contributed by atoms with E-state index in [1.807, 2.05) is 0 Å². The SMILES string of the molecule is CC[C@H](N)C(=O)N[C@@H](C)C(=O)N[C@@H](C)C(=O)[O-].[Na+]. The van der Waals surface area contributed by atoms with Gasteiger partial charge in [-0.2, -0.15) is 0 Å². The van der Waals surface area contributed by atoms with E-state index in [-0.39, 0.29) is 29.6 Å². The molecular weight excluding hydrogens is 249 g/mol. The first-order valence-electron chi connectivity index (χ1n) is 5.36. The molecule has 18 heavy (non-hydrogen) atoms. The second kappa shape index (κ2) is 9.32. The Hall–Kier alpha value is -0.630. The molecule has 3 atom stereocenters. The number of rotatable bonds is 6. The molecule has 4 N–H and O–H groups in total. The summed E-state index contributed by atoms with van der Waals surface area (Å²) in [7, 11) is 0. The Bertz CT molecular complexity index is 311. The van der Waals surface area contributed by atoms with Gasteiger partial charge in [0.15, 0.2) is 0 Å². The Balaban J connectivity index is 0. The maximum absolute atomic E-state index is 11.4. The third-order valence-electron chi connectivity index (χ3n) is 2.24. The minimum Gasteiger partial charge on any atom is -0.548 e. The maximum atomic E-state index is 11.4. The van der Waals surface area contributed by atoms with Gasteiger partial charge < -0.3 is 26.3 Å². The number of aliphatic carboxylic acids is 1. The smallest absolute Gasteiger partial charge is 0.548 e. The normalized spacial score (nSPS) is 14.7. The van der Waals surface area contributed by atoms with E-state index in [0.29, 0.717) is 6.42 Å². The summed E-state index contributed by atoms with van der Waals surface area (Å²) in [6.45, 7) is 4.46. The molecule has 98 valence electrons. The summed E-state index contributed by atoms with van der Waals surface area (Å²) < 4.78 is 0. The quantitative estimate of drug-likeness (QED) is 0.414. The average Bonchev–Trinajstić information content (AvgIpc) is 2.27. The van der Waals surface area contributed by atoms with Crippen molar-refractivity contribution in [2.24, 2.45) is 5.73 Å². The standard InChI is InChI=1S/C10H19N3O4.Na/c1-4-7(11)9(15)12-5(2)8(14)13-6(3)10(16)17;/h5-7H,4,11H2,1-3H3,(H,12,15)(H,13,14)(H,16,17);/q;+1/p-1/t5-,6-,7-;/m0./s1. The third-order valence-corrected chi connectivity index (χ3v) is 2.24. The van der Waals surface area contributed by atoms with Crippen LogP contribution in [0, 0.1) is 0 Å². The van der Waals surface area contributed by atoms with E-state index in [4.69, 9.17) is 5.73 Å². The monoisotopic (exact) mass is 267 g/mol. The van der Waals surface area contributed by atoms with E-state index in [2.05, 4.69) is 10.6 Å². The van der Waals surface area contributed by atoms with Crippen LogP contribution < -0.4 is 51.0 Å². The van der Waals surface area contributed by atoms with Gasteiger partial charge in [-0.3, -0.25) is 9.59 Å². The first-order chi connectivity index (χ1) is 7.79. The van der Waals surface area contributed by atoms with Gasteiger partial charge in [-0.05, 0) is 20.3 Å². The fourth-order valence-corrected chi connectivity index (χ4v) is 0.969. The molecule has 0 saturated carbocycles. The van der Waals surface area contributed by atoms with E-state index < -0.39 is 35.9 Å². The van der Waals surface area contributed by atoms with Crippen LogP contribution in [0.5, 0.6) is 0 Å². The molecule has 0 saturated heterocycles. The van der Waals surface area contributed by atoms with Crippen molar-refractivity contribution in [2.45, 2.75) is 45.3 Å². The van der Waals surface area contributed by atoms with Crippen LogP contribution >= 0.6 is 0 Å². The molecule has 7 nitrogen and oxygen atoms in total. The Labute approximate surface area is 128 Å². The largest absolute Gasteiger partial charge is 1.00 e. The van der Waals surface area contributed by atoms with Crippen molar-refractivity contribution in [3.05, 3.63) is 0 Å². The van der Waals surface area contributed by atoms with Crippen LogP contribution in [0.4, 0.5) is 0 Å². The average molecular weight is 267 g/mol. The van der Waals surface area contributed by atoms with Crippen LogP contribution in [0.2, 0.25) is 0 Å². The Kier molecular flexibility index (Phi) is 10.2. The number of carboxylic acid groups (broad SMARTS) is 1. The van der Waals surface area contributed by atoms with Crippen LogP contribution in [0.1, 0.15) is 27.2 Å². The Morgan fingerprint density at radius 3 is 1.94 bits per heavy atom. The van der Waals surface area contributed by atoms with Crippen molar-refractivity contribution >= 4 is 17.8 Å². The predicted octanol–water partition coefficient (Wildman–Crippen LogP) is -5.51. The number of carbonyl (C=O) groups is 3. The minimum atomic E-state index is -1.39. The van der Waals surface area contributed by atoms with E-state index in [0.717, 1.165) is 0 Å². The molecule has 0 radical (unpaired) electrons. The molecule has 0 aromatic heterocycles. The fourth-order valence-electron chi connectivity index (χ4n) is 0.969. The fraction of sp³-hybridized carbons (Fsp3) is 0.700.